The highest BCUT2D eigenvalue weighted by Crippen LogP contribution is 2.30. The van der Waals surface area contributed by atoms with Gasteiger partial charge in [-0.3, -0.25) is 4.79 Å². The van der Waals surface area contributed by atoms with Crippen molar-refractivity contribution in [2.24, 2.45) is 5.92 Å². The minimum absolute atomic E-state index is 0.0327. The maximum absolute atomic E-state index is 12.8. The Balaban J connectivity index is 1.52. The van der Waals surface area contributed by atoms with E-state index in [1.165, 1.54) is 5.56 Å². The van der Waals surface area contributed by atoms with Crippen LogP contribution in [0.3, 0.4) is 0 Å². The normalized spacial score (nSPS) is 16.8. The zero-order chi connectivity index (χ0) is 20.1. The molecule has 150 valence electrons. The van der Waals surface area contributed by atoms with Gasteiger partial charge in [-0.05, 0) is 43.7 Å². The number of thioether (sulfide) groups is 1. The number of benzene rings is 1. The van der Waals surface area contributed by atoms with Crippen LogP contribution in [0.1, 0.15) is 31.0 Å². The molecule has 2 heterocycles. The van der Waals surface area contributed by atoms with Crippen LogP contribution in [-0.2, 0) is 17.4 Å². The predicted octanol–water partition coefficient (Wildman–Crippen LogP) is 4.46. The van der Waals surface area contributed by atoms with Crippen LogP contribution in [0.25, 0.3) is 0 Å². The molecule has 1 aromatic carbocycles. The first-order valence-corrected chi connectivity index (χ1v) is 10.1. The van der Waals surface area contributed by atoms with Crippen LogP contribution in [0.4, 0.5) is 13.2 Å². The first-order chi connectivity index (χ1) is 13.3. The molecular weight excluding hydrogens is 387 g/mol. The Bertz CT molecular complexity index is 793. The van der Waals surface area contributed by atoms with Gasteiger partial charge in [-0.25, -0.2) is 9.97 Å². The number of hydrogen-bond acceptors (Lipinski definition) is 4. The number of hydrogen-bond donors (Lipinski definition) is 0. The third-order valence-electron chi connectivity index (χ3n) is 4.85. The van der Waals surface area contributed by atoms with Crippen molar-refractivity contribution in [1.29, 1.82) is 0 Å². The van der Waals surface area contributed by atoms with Gasteiger partial charge in [0, 0.05) is 19.3 Å². The lowest BCUT2D eigenvalue weighted by Gasteiger charge is -2.33. The summed E-state index contributed by atoms with van der Waals surface area (Å²) in [6.07, 6.45) is -0.585. The van der Waals surface area contributed by atoms with Gasteiger partial charge in [0.1, 0.15) is 5.69 Å². The second-order valence-corrected chi connectivity index (χ2v) is 8.25. The second-order valence-electron chi connectivity index (χ2n) is 6.94. The number of carbonyl (C=O) groups is 1. The van der Waals surface area contributed by atoms with Crippen molar-refractivity contribution >= 4 is 17.7 Å². The first kappa shape index (κ1) is 20.6. The number of piperidine rings is 1. The van der Waals surface area contributed by atoms with E-state index in [4.69, 9.17) is 0 Å². The molecule has 1 aliphatic heterocycles. The molecule has 3 rings (SSSR count). The molecule has 1 fully saturated rings. The van der Waals surface area contributed by atoms with Crippen LogP contribution >= 0.6 is 11.8 Å². The Kier molecular flexibility index (Phi) is 6.59. The van der Waals surface area contributed by atoms with Gasteiger partial charge in [0.25, 0.3) is 0 Å². The molecule has 2 aromatic rings. The van der Waals surface area contributed by atoms with Crippen LogP contribution in [0.2, 0.25) is 0 Å². The average molecular weight is 409 g/mol. The fraction of sp³-hybridized carbons (Fsp3) is 0.450. The topological polar surface area (TPSA) is 46.1 Å². The van der Waals surface area contributed by atoms with Crippen molar-refractivity contribution in [1.82, 2.24) is 14.9 Å². The number of likely N-dealkylation sites (tertiary alicyclic amines) is 1. The Hall–Kier alpha value is -2.09. The van der Waals surface area contributed by atoms with Crippen molar-refractivity contribution in [2.75, 3.05) is 13.1 Å². The highest BCUT2D eigenvalue weighted by molar-refractivity contribution is 8.00. The molecule has 1 atom stereocenters. The fourth-order valence-electron chi connectivity index (χ4n) is 3.33. The molecule has 0 aliphatic carbocycles. The number of carbonyl (C=O) groups excluding carboxylic acids is 1. The molecule has 1 unspecified atom stereocenters. The molecule has 0 radical (unpaired) electrons. The van der Waals surface area contributed by atoms with Crippen molar-refractivity contribution in [3.63, 3.8) is 0 Å². The molecule has 1 saturated heterocycles. The van der Waals surface area contributed by atoms with Crippen LogP contribution in [0, 0.1) is 5.92 Å². The van der Waals surface area contributed by atoms with Gasteiger partial charge in [0.15, 0.2) is 5.16 Å². The van der Waals surface area contributed by atoms with Gasteiger partial charge in [0.2, 0.25) is 5.91 Å². The van der Waals surface area contributed by atoms with Gasteiger partial charge >= 0.3 is 6.18 Å². The third-order valence-corrected chi connectivity index (χ3v) is 5.81. The maximum Gasteiger partial charge on any atom is 0.433 e. The van der Waals surface area contributed by atoms with Gasteiger partial charge in [-0.15, -0.1) is 0 Å². The van der Waals surface area contributed by atoms with Gasteiger partial charge in [-0.2, -0.15) is 13.2 Å². The van der Waals surface area contributed by atoms with E-state index < -0.39 is 17.1 Å². The highest BCUT2D eigenvalue weighted by atomic mass is 32.2. The van der Waals surface area contributed by atoms with Gasteiger partial charge in [0.05, 0.1) is 5.25 Å². The Morgan fingerprint density at radius 1 is 1.21 bits per heavy atom. The summed E-state index contributed by atoms with van der Waals surface area (Å²) < 4.78 is 38.3. The summed E-state index contributed by atoms with van der Waals surface area (Å²) in [5.74, 6) is 0.463. The summed E-state index contributed by atoms with van der Waals surface area (Å²) in [6.45, 7) is 3.03. The molecule has 1 aliphatic rings. The average Bonchev–Trinajstić information content (AvgIpc) is 2.68. The standard InChI is InChI=1S/C20H22F3N3OS/c1-14(28-19-24-10-7-17(25-19)20(21,22)23)18(27)26-11-8-16(9-12-26)13-15-5-3-2-4-6-15/h2-7,10,14,16H,8-9,11-13H2,1H3. The molecule has 0 saturated carbocycles. The lowest BCUT2D eigenvalue weighted by Crippen LogP contribution is -2.42. The van der Waals surface area contributed by atoms with E-state index in [9.17, 15) is 18.0 Å². The summed E-state index contributed by atoms with van der Waals surface area (Å²) in [7, 11) is 0. The number of aromatic nitrogens is 2. The lowest BCUT2D eigenvalue weighted by molar-refractivity contribution is -0.141. The van der Waals surface area contributed by atoms with Crippen LogP contribution in [0.15, 0.2) is 47.8 Å². The van der Waals surface area contributed by atoms with Crippen molar-refractivity contribution < 1.29 is 18.0 Å². The van der Waals surface area contributed by atoms with E-state index in [0.717, 1.165) is 43.3 Å². The number of nitrogens with zero attached hydrogens (tertiary/aromatic N) is 3. The quantitative estimate of drug-likeness (QED) is 0.540. The third kappa shape index (κ3) is 5.47. The van der Waals surface area contributed by atoms with E-state index in [2.05, 4.69) is 22.1 Å². The van der Waals surface area contributed by atoms with Crippen LogP contribution in [0.5, 0.6) is 0 Å². The number of alkyl halides is 3. The SMILES string of the molecule is CC(Sc1nccc(C(F)(F)F)n1)C(=O)N1CCC(Cc2ccccc2)CC1. The Labute approximate surface area is 166 Å². The minimum Gasteiger partial charge on any atom is -0.342 e. The largest absolute Gasteiger partial charge is 0.433 e. The fourth-order valence-corrected chi connectivity index (χ4v) is 4.16. The molecule has 0 N–H and O–H groups in total. The van der Waals surface area contributed by atoms with E-state index in [1.807, 2.05) is 18.2 Å². The number of rotatable bonds is 5. The minimum atomic E-state index is -4.52. The molecule has 1 aromatic heterocycles. The van der Waals surface area contributed by atoms with E-state index >= 15 is 0 Å². The van der Waals surface area contributed by atoms with Crippen molar-refractivity contribution in [3.8, 4) is 0 Å². The smallest absolute Gasteiger partial charge is 0.342 e. The van der Waals surface area contributed by atoms with Crippen molar-refractivity contribution in [2.45, 2.75) is 42.8 Å². The first-order valence-electron chi connectivity index (χ1n) is 9.22. The second kappa shape index (κ2) is 8.94. The zero-order valence-electron chi connectivity index (χ0n) is 15.5. The molecular formula is C20H22F3N3OS. The van der Waals surface area contributed by atoms with E-state index in [1.54, 1.807) is 11.8 Å². The molecule has 0 spiro atoms. The molecule has 1 amide bonds. The molecule has 8 heteroatoms. The summed E-state index contributed by atoms with van der Waals surface area (Å²) in [5, 5.41) is -0.566. The highest BCUT2D eigenvalue weighted by Gasteiger charge is 2.33. The number of amides is 1. The Morgan fingerprint density at radius 2 is 1.89 bits per heavy atom. The summed E-state index contributed by atoms with van der Waals surface area (Å²) in [4.78, 5) is 21.9. The molecule has 4 nitrogen and oxygen atoms in total. The van der Waals surface area contributed by atoms with Crippen molar-refractivity contribution in [3.05, 3.63) is 53.9 Å². The molecule has 28 heavy (non-hydrogen) atoms. The Morgan fingerprint density at radius 3 is 2.54 bits per heavy atom. The monoisotopic (exact) mass is 409 g/mol. The summed E-state index contributed by atoms with van der Waals surface area (Å²) >= 11 is 0.966. The summed E-state index contributed by atoms with van der Waals surface area (Å²) in [5.41, 5.74) is 0.310. The van der Waals surface area contributed by atoms with E-state index in [0.29, 0.717) is 19.0 Å². The maximum atomic E-state index is 12.8. The lowest BCUT2D eigenvalue weighted by atomic mass is 9.90. The molecule has 0 bridgehead atoms. The van der Waals surface area contributed by atoms with Gasteiger partial charge in [-0.1, -0.05) is 42.1 Å². The summed E-state index contributed by atoms with van der Waals surface area (Å²) in [6, 6.07) is 11.1. The van der Waals surface area contributed by atoms with Crippen LogP contribution in [-0.4, -0.2) is 39.1 Å². The van der Waals surface area contributed by atoms with Crippen LogP contribution < -0.4 is 0 Å². The van der Waals surface area contributed by atoms with Gasteiger partial charge < -0.3 is 4.90 Å². The number of halogens is 3. The zero-order valence-corrected chi connectivity index (χ0v) is 16.3. The van der Waals surface area contributed by atoms with E-state index in [-0.39, 0.29) is 11.1 Å². The predicted molar refractivity (Wildman–Crippen MR) is 102 cm³/mol.